The summed E-state index contributed by atoms with van der Waals surface area (Å²) in [6.07, 6.45) is 1.15. The Hall–Kier alpha value is -1.85. The molecule has 0 aliphatic carbocycles. The topological polar surface area (TPSA) is 63.6 Å². The zero-order valence-corrected chi connectivity index (χ0v) is 11.2. The third kappa shape index (κ3) is 3.56. The molecule has 0 fully saturated rings. The molecule has 4 nitrogen and oxygen atoms in total. The summed E-state index contributed by atoms with van der Waals surface area (Å²) in [7, 11) is -3.24. The highest BCUT2D eigenvalue weighted by Gasteiger charge is 2.08. The van der Waals surface area contributed by atoms with Gasteiger partial charge in [0.05, 0.1) is 11.5 Å². The third-order valence-electron chi connectivity index (χ3n) is 2.58. The Morgan fingerprint density at radius 1 is 1.05 bits per heavy atom. The molecule has 1 N–H and O–H groups in total. The van der Waals surface area contributed by atoms with E-state index in [0.29, 0.717) is 11.5 Å². The van der Waals surface area contributed by atoms with Crippen molar-refractivity contribution in [2.24, 2.45) is 0 Å². The van der Waals surface area contributed by atoms with Gasteiger partial charge < -0.3 is 9.84 Å². The highest BCUT2D eigenvalue weighted by Crippen LogP contribution is 2.24. The molecule has 0 saturated carbocycles. The van der Waals surface area contributed by atoms with Crippen molar-refractivity contribution in [1.29, 1.82) is 0 Å². The highest BCUT2D eigenvalue weighted by molar-refractivity contribution is 7.90. The normalized spacial score (nSPS) is 11.3. The van der Waals surface area contributed by atoms with E-state index in [1.54, 1.807) is 36.4 Å². The second-order valence-corrected chi connectivity index (χ2v) is 6.17. The van der Waals surface area contributed by atoms with Crippen molar-refractivity contribution in [2.75, 3.05) is 6.26 Å². The van der Waals surface area contributed by atoms with Crippen LogP contribution in [0.25, 0.3) is 0 Å². The molecular formula is C14H14O4S. The molecule has 0 saturated heterocycles. The van der Waals surface area contributed by atoms with Crippen LogP contribution in [-0.4, -0.2) is 19.8 Å². The van der Waals surface area contributed by atoms with Gasteiger partial charge in [-0.15, -0.1) is 0 Å². The molecular weight excluding hydrogens is 264 g/mol. The van der Waals surface area contributed by atoms with Crippen molar-refractivity contribution in [3.05, 3.63) is 54.1 Å². The molecule has 2 aromatic carbocycles. The first kappa shape index (κ1) is 13.6. The summed E-state index contributed by atoms with van der Waals surface area (Å²) in [6, 6.07) is 13.3. The van der Waals surface area contributed by atoms with E-state index < -0.39 is 9.84 Å². The van der Waals surface area contributed by atoms with Crippen LogP contribution in [-0.2, 0) is 16.4 Å². The Morgan fingerprint density at radius 2 is 1.74 bits per heavy atom. The van der Waals surface area contributed by atoms with Crippen LogP contribution in [0.2, 0.25) is 0 Å². The van der Waals surface area contributed by atoms with Gasteiger partial charge in [0.15, 0.2) is 9.84 Å². The van der Waals surface area contributed by atoms with Gasteiger partial charge in [-0.1, -0.05) is 18.2 Å². The Bertz CT molecular complexity index is 660. The van der Waals surface area contributed by atoms with Crippen LogP contribution in [0.15, 0.2) is 53.4 Å². The molecule has 0 aliphatic heterocycles. The van der Waals surface area contributed by atoms with Crippen LogP contribution >= 0.6 is 0 Å². The van der Waals surface area contributed by atoms with E-state index in [1.165, 1.54) is 12.1 Å². The monoisotopic (exact) mass is 278 g/mol. The first-order chi connectivity index (χ1) is 8.99. The largest absolute Gasteiger partial charge is 0.457 e. The van der Waals surface area contributed by atoms with Gasteiger partial charge in [0.1, 0.15) is 11.5 Å². The number of sulfone groups is 1. The van der Waals surface area contributed by atoms with Crippen molar-refractivity contribution in [3.63, 3.8) is 0 Å². The Morgan fingerprint density at radius 3 is 2.32 bits per heavy atom. The van der Waals surface area contributed by atoms with E-state index in [9.17, 15) is 8.42 Å². The molecule has 0 heterocycles. The summed E-state index contributed by atoms with van der Waals surface area (Å²) in [6.45, 7) is -0.0240. The SMILES string of the molecule is CS(=O)(=O)c1cccc(Oc2ccc(CO)cc2)c1. The van der Waals surface area contributed by atoms with Crippen LogP contribution in [0, 0.1) is 0 Å². The standard InChI is InChI=1S/C14H14O4S/c1-19(16,17)14-4-2-3-13(9-14)18-12-7-5-11(10-15)6-8-12/h2-9,15H,10H2,1H3. The first-order valence-corrected chi connectivity index (χ1v) is 7.56. The minimum Gasteiger partial charge on any atom is -0.457 e. The van der Waals surface area contributed by atoms with Gasteiger partial charge in [0.25, 0.3) is 0 Å². The van der Waals surface area contributed by atoms with E-state index >= 15 is 0 Å². The predicted octanol–water partition coefficient (Wildman–Crippen LogP) is 2.37. The quantitative estimate of drug-likeness (QED) is 0.932. The minimum absolute atomic E-state index is 0.0240. The van der Waals surface area contributed by atoms with Crippen molar-refractivity contribution in [3.8, 4) is 11.5 Å². The smallest absolute Gasteiger partial charge is 0.175 e. The molecule has 2 rings (SSSR count). The zero-order chi connectivity index (χ0) is 13.9. The molecule has 0 radical (unpaired) electrons. The zero-order valence-electron chi connectivity index (χ0n) is 10.4. The molecule has 0 spiro atoms. The Balaban J connectivity index is 2.23. The van der Waals surface area contributed by atoms with Crippen molar-refractivity contribution in [2.45, 2.75) is 11.5 Å². The summed E-state index contributed by atoms with van der Waals surface area (Å²) >= 11 is 0. The van der Waals surface area contributed by atoms with Gasteiger partial charge in [-0.05, 0) is 35.9 Å². The maximum atomic E-state index is 11.4. The molecule has 2 aromatic rings. The summed E-state index contributed by atoms with van der Waals surface area (Å²) in [5, 5.41) is 8.94. The number of rotatable bonds is 4. The average Bonchev–Trinajstić information content (AvgIpc) is 2.39. The molecule has 19 heavy (non-hydrogen) atoms. The van der Waals surface area contributed by atoms with Gasteiger partial charge in [-0.25, -0.2) is 8.42 Å². The average molecular weight is 278 g/mol. The van der Waals surface area contributed by atoms with E-state index in [4.69, 9.17) is 9.84 Å². The van der Waals surface area contributed by atoms with E-state index in [-0.39, 0.29) is 11.5 Å². The van der Waals surface area contributed by atoms with Gasteiger partial charge >= 0.3 is 0 Å². The molecule has 0 aromatic heterocycles. The second-order valence-electron chi connectivity index (χ2n) is 4.15. The van der Waals surface area contributed by atoms with Crippen molar-refractivity contribution < 1.29 is 18.3 Å². The molecule has 5 heteroatoms. The fraction of sp³-hybridized carbons (Fsp3) is 0.143. The van der Waals surface area contributed by atoms with Gasteiger partial charge in [-0.3, -0.25) is 0 Å². The number of ether oxygens (including phenoxy) is 1. The third-order valence-corrected chi connectivity index (χ3v) is 3.69. The lowest BCUT2D eigenvalue weighted by atomic mass is 10.2. The molecule has 0 atom stereocenters. The molecule has 0 bridgehead atoms. The molecule has 0 amide bonds. The number of hydrogen-bond donors (Lipinski definition) is 1. The fourth-order valence-corrected chi connectivity index (χ4v) is 2.22. The van der Waals surface area contributed by atoms with E-state index in [0.717, 1.165) is 11.8 Å². The number of aliphatic hydroxyl groups is 1. The molecule has 0 unspecified atom stereocenters. The van der Waals surface area contributed by atoms with E-state index in [1.807, 2.05) is 0 Å². The lowest BCUT2D eigenvalue weighted by Crippen LogP contribution is -1.97. The van der Waals surface area contributed by atoms with Crippen molar-refractivity contribution >= 4 is 9.84 Å². The summed E-state index contributed by atoms with van der Waals surface area (Å²) in [5.41, 5.74) is 0.789. The highest BCUT2D eigenvalue weighted by atomic mass is 32.2. The summed E-state index contributed by atoms with van der Waals surface area (Å²) in [5.74, 6) is 1.04. The van der Waals surface area contributed by atoms with Crippen LogP contribution in [0.5, 0.6) is 11.5 Å². The van der Waals surface area contributed by atoms with Gasteiger partial charge in [0.2, 0.25) is 0 Å². The maximum absolute atomic E-state index is 11.4. The minimum atomic E-state index is -3.24. The number of hydrogen-bond acceptors (Lipinski definition) is 4. The van der Waals surface area contributed by atoms with Crippen molar-refractivity contribution in [1.82, 2.24) is 0 Å². The Labute approximate surface area is 112 Å². The maximum Gasteiger partial charge on any atom is 0.175 e. The summed E-state index contributed by atoms with van der Waals surface area (Å²) < 4.78 is 28.4. The first-order valence-electron chi connectivity index (χ1n) is 5.67. The van der Waals surface area contributed by atoms with Crippen LogP contribution in [0.1, 0.15) is 5.56 Å². The fourth-order valence-electron chi connectivity index (χ4n) is 1.57. The van der Waals surface area contributed by atoms with Crippen LogP contribution in [0.3, 0.4) is 0 Å². The van der Waals surface area contributed by atoms with Crippen LogP contribution < -0.4 is 4.74 Å². The predicted molar refractivity (Wildman–Crippen MR) is 72.0 cm³/mol. The van der Waals surface area contributed by atoms with Crippen LogP contribution in [0.4, 0.5) is 0 Å². The number of benzene rings is 2. The lowest BCUT2D eigenvalue weighted by molar-refractivity contribution is 0.281. The van der Waals surface area contributed by atoms with E-state index in [2.05, 4.69) is 0 Å². The second kappa shape index (κ2) is 5.42. The molecule has 0 aliphatic rings. The van der Waals surface area contributed by atoms with Gasteiger partial charge in [-0.2, -0.15) is 0 Å². The summed E-state index contributed by atoms with van der Waals surface area (Å²) in [4.78, 5) is 0.219. The lowest BCUT2D eigenvalue weighted by Gasteiger charge is -2.07. The Kier molecular flexibility index (Phi) is 3.87. The number of aliphatic hydroxyl groups excluding tert-OH is 1. The van der Waals surface area contributed by atoms with Gasteiger partial charge in [0, 0.05) is 6.26 Å². The molecule has 100 valence electrons.